The van der Waals surface area contributed by atoms with Crippen molar-refractivity contribution in [1.82, 2.24) is 15.0 Å². The molecule has 0 saturated carbocycles. The van der Waals surface area contributed by atoms with Crippen molar-refractivity contribution < 1.29 is 4.79 Å². The molecule has 1 amide bonds. The first kappa shape index (κ1) is 19.1. The third kappa shape index (κ3) is 3.95. The number of hydrogen-bond donors (Lipinski definition) is 2. The summed E-state index contributed by atoms with van der Waals surface area (Å²) >= 11 is 1.59. The van der Waals surface area contributed by atoms with Gasteiger partial charge < -0.3 is 10.3 Å². The first-order valence-corrected chi connectivity index (χ1v) is 10.7. The number of anilines is 1. The lowest BCUT2D eigenvalue weighted by molar-refractivity contribution is -0.116. The quantitative estimate of drug-likeness (QED) is 0.424. The van der Waals surface area contributed by atoms with E-state index in [1.165, 1.54) is 0 Å². The van der Waals surface area contributed by atoms with E-state index in [9.17, 15) is 9.59 Å². The Hall–Kier alpha value is -3.84. The van der Waals surface area contributed by atoms with Crippen molar-refractivity contribution >= 4 is 44.1 Å². The Labute approximate surface area is 181 Å². The van der Waals surface area contributed by atoms with E-state index < -0.39 is 0 Å². The first-order valence-electron chi connectivity index (χ1n) is 9.90. The number of aryl methyl sites for hydroxylation is 1. The number of aromatic nitrogens is 3. The predicted octanol–water partition coefficient (Wildman–Crippen LogP) is 4.77. The normalized spacial score (nSPS) is 11.1. The fraction of sp³-hybridized carbons (Fsp3) is 0.0833. The minimum absolute atomic E-state index is 0.149. The molecule has 0 aliphatic rings. The van der Waals surface area contributed by atoms with Gasteiger partial charge in [0.1, 0.15) is 10.8 Å². The Bertz CT molecular complexity index is 1440. The molecule has 0 aliphatic carbocycles. The summed E-state index contributed by atoms with van der Waals surface area (Å²) in [6, 6.07) is 22.8. The number of nitrogens with zero attached hydrogens (tertiary/aromatic N) is 2. The van der Waals surface area contributed by atoms with Gasteiger partial charge in [-0.25, -0.2) is 9.97 Å². The number of nitrogens with one attached hydrogen (secondary N) is 2. The lowest BCUT2D eigenvalue weighted by Crippen LogP contribution is -2.16. The number of para-hydroxylation sites is 3. The molecular weight excluding hydrogens is 408 g/mol. The SMILES string of the molecule is O=C(CCc1nc2ccccc2c(=O)[nH]1)Nc1ccccc1-c1nc2ccccc2s1. The van der Waals surface area contributed by atoms with E-state index in [-0.39, 0.29) is 17.9 Å². The number of carbonyl (C=O) groups excluding carboxylic acids is 1. The van der Waals surface area contributed by atoms with E-state index in [1.807, 2.05) is 54.6 Å². The molecule has 6 nitrogen and oxygen atoms in total. The maximum Gasteiger partial charge on any atom is 0.258 e. The summed E-state index contributed by atoms with van der Waals surface area (Å²) in [5, 5.41) is 4.38. The summed E-state index contributed by atoms with van der Waals surface area (Å²) in [5.41, 5.74) is 2.97. The molecule has 3 aromatic carbocycles. The average Bonchev–Trinajstić information content (AvgIpc) is 3.22. The first-order chi connectivity index (χ1) is 15.2. The summed E-state index contributed by atoms with van der Waals surface area (Å²) in [5.74, 6) is 0.350. The molecule has 5 aromatic rings. The molecule has 0 aliphatic heterocycles. The van der Waals surface area contributed by atoms with Crippen LogP contribution in [0.25, 0.3) is 31.7 Å². The molecule has 0 radical (unpaired) electrons. The molecule has 0 saturated heterocycles. The van der Waals surface area contributed by atoms with Crippen LogP contribution in [0.1, 0.15) is 12.2 Å². The maximum absolute atomic E-state index is 12.6. The Balaban J connectivity index is 1.34. The van der Waals surface area contributed by atoms with Crippen molar-refractivity contribution in [2.75, 3.05) is 5.32 Å². The van der Waals surface area contributed by atoms with Crippen LogP contribution < -0.4 is 10.9 Å². The molecule has 0 unspecified atom stereocenters. The zero-order valence-electron chi connectivity index (χ0n) is 16.5. The molecule has 0 atom stereocenters. The Kier molecular flexibility index (Phi) is 5.01. The smallest absolute Gasteiger partial charge is 0.258 e. The zero-order valence-corrected chi connectivity index (χ0v) is 17.3. The molecule has 152 valence electrons. The summed E-state index contributed by atoms with van der Waals surface area (Å²) in [6.07, 6.45) is 0.546. The zero-order chi connectivity index (χ0) is 21.2. The van der Waals surface area contributed by atoms with Crippen LogP contribution in [-0.2, 0) is 11.2 Å². The van der Waals surface area contributed by atoms with Gasteiger partial charge >= 0.3 is 0 Å². The van der Waals surface area contributed by atoms with Gasteiger partial charge in [-0.15, -0.1) is 11.3 Å². The monoisotopic (exact) mass is 426 g/mol. The molecule has 5 rings (SSSR count). The van der Waals surface area contributed by atoms with Crippen LogP contribution in [0.15, 0.2) is 77.6 Å². The fourth-order valence-electron chi connectivity index (χ4n) is 3.46. The molecular formula is C24H18N4O2S. The lowest BCUT2D eigenvalue weighted by atomic mass is 10.1. The number of amides is 1. The maximum atomic E-state index is 12.6. The molecule has 0 fully saturated rings. The molecule has 0 bridgehead atoms. The van der Waals surface area contributed by atoms with E-state index in [0.717, 1.165) is 20.8 Å². The Morgan fingerprint density at radius 3 is 2.52 bits per heavy atom. The second kappa shape index (κ2) is 8.12. The van der Waals surface area contributed by atoms with Crippen LogP contribution in [-0.4, -0.2) is 20.9 Å². The highest BCUT2D eigenvalue weighted by Crippen LogP contribution is 2.34. The lowest BCUT2D eigenvalue weighted by Gasteiger charge is -2.09. The number of hydrogen-bond acceptors (Lipinski definition) is 5. The average molecular weight is 427 g/mol. The largest absolute Gasteiger partial charge is 0.325 e. The standard InChI is InChI=1S/C24H18N4O2S/c29-22(14-13-21-25-17-9-3-1-7-15(17)23(30)28-21)26-18-10-4-2-8-16(18)24-27-19-11-5-6-12-20(19)31-24/h1-12H,13-14H2,(H,26,29)(H,25,28,30). The Morgan fingerprint density at radius 1 is 0.903 bits per heavy atom. The molecule has 0 spiro atoms. The number of benzene rings is 3. The van der Waals surface area contributed by atoms with Gasteiger partial charge in [0, 0.05) is 18.4 Å². The number of fused-ring (bicyclic) bond motifs is 2. The van der Waals surface area contributed by atoms with E-state index in [1.54, 1.807) is 29.5 Å². The van der Waals surface area contributed by atoms with Crippen molar-refractivity contribution in [2.45, 2.75) is 12.8 Å². The number of aromatic amines is 1. The minimum Gasteiger partial charge on any atom is -0.325 e. The van der Waals surface area contributed by atoms with Crippen molar-refractivity contribution in [3.8, 4) is 10.6 Å². The number of H-pyrrole nitrogens is 1. The topological polar surface area (TPSA) is 87.7 Å². The third-order valence-electron chi connectivity index (χ3n) is 4.98. The van der Waals surface area contributed by atoms with Crippen LogP contribution in [0.5, 0.6) is 0 Å². The van der Waals surface area contributed by atoms with Crippen LogP contribution in [0.2, 0.25) is 0 Å². The number of carbonyl (C=O) groups is 1. The van der Waals surface area contributed by atoms with Gasteiger partial charge in [0.05, 0.1) is 26.8 Å². The third-order valence-corrected chi connectivity index (χ3v) is 6.05. The van der Waals surface area contributed by atoms with Crippen LogP contribution >= 0.6 is 11.3 Å². The van der Waals surface area contributed by atoms with Crippen molar-refractivity contribution in [1.29, 1.82) is 0 Å². The summed E-state index contributed by atoms with van der Waals surface area (Å²) in [6.45, 7) is 0. The van der Waals surface area contributed by atoms with Gasteiger partial charge in [0.25, 0.3) is 5.56 Å². The second-order valence-corrected chi connectivity index (χ2v) is 8.14. The van der Waals surface area contributed by atoms with Gasteiger partial charge in [0.15, 0.2) is 0 Å². The predicted molar refractivity (Wildman–Crippen MR) is 124 cm³/mol. The Morgan fingerprint density at radius 2 is 1.65 bits per heavy atom. The van der Waals surface area contributed by atoms with Crippen molar-refractivity contribution in [3.05, 3.63) is 89.0 Å². The minimum atomic E-state index is -0.192. The second-order valence-electron chi connectivity index (χ2n) is 7.11. The van der Waals surface area contributed by atoms with E-state index in [2.05, 4.69) is 15.3 Å². The van der Waals surface area contributed by atoms with Gasteiger partial charge in [0.2, 0.25) is 5.91 Å². The van der Waals surface area contributed by atoms with E-state index >= 15 is 0 Å². The fourth-order valence-corrected chi connectivity index (χ4v) is 4.47. The van der Waals surface area contributed by atoms with E-state index in [4.69, 9.17) is 4.98 Å². The van der Waals surface area contributed by atoms with Crippen molar-refractivity contribution in [3.63, 3.8) is 0 Å². The summed E-state index contributed by atoms with van der Waals surface area (Å²) < 4.78 is 1.10. The summed E-state index contributed by atoms with van der Waals surface area (Å²) in [7, 11) is 0. The van der Waals surface area contributed by atoms with Gasteiger partial charge in [-0.2, -0.15) is 0 Å². The molecule has 7 heteroatoms. The summed E-state index contributed by atoms with van der Waals surface area (Å²) in [4.78, 5) is 36.8. The number of thiazole rings is 1. The molecule has 31 heavy (non-hydrogen) atoms. The van der Waals surface area contributed by atoms with Crippen LogP contribution in [0.3, 0.4) is 0 Å². The van der Waals surface area contributed by atoms with E-state index in [0.29, 0.717) is 28.8 Å². The van der Waals surface area contributed by atoms with Crippen LogP contribution in [0, 0.1) is 0 Å². The van der Waals surface area contributed by atoms with Gasteiger partial charge in [-0.3, -0.25) is 9.59 Å². The molecule has 2 N–H and O–H groups in total. The molecule has 2 heterocycles. The van der Waals surface area contributed by atoms with Crippen molar-refractivity contribution in [2.24, 2.45) is 0 Å². The number of rotatable bonds is 5. The molecule has 2 aromatic heterocycles. The highest BCUT2D eigenvalue weighted by atomic mass is 32.1. The van der Waals surface area contributed by atoms with Gasteiger partial charge in [-0.05, 0) is 36.4 Å². The van der Waals surface area contributed by atoms with Gasteiger partial charge in [-0.1, -0.05) is 36.4 Å². The van der Waals surface area contributed by atoms with Crippen LogP contribution in [0.4, 0.5) is 5.69 Å². The highest BCUT2D eigenvalue weighted by Gasteiger charge is 2.13. The highest BCUT2D eigenvalue weighted by molar-refractivity contribution is 7.21.